The van der Waals surface area contributed by atoms with Crippen LogP contribution in [-0.4, -0.2) is 47.1 Å². The first-order valence-electron chi connectivity index (χ1n) is 9.10. The molecular formula is C21H19F4NO3. The van der Waals surface area contributed by atoms with E-state index >= 15 is 0 Å². The topological polar surface area (TPSA) is 49.8 Å². The second-order valence-corrected chi connectivity index (χ2v) is 7.92. The maximum absolute atomic E-state index is 13.1. The molecule has 2 atom stereocenters. The van der Waals surface area contributed by atoms with Crippen molar-refractivity contribution < 1.29 is 32.2 Å². The lowest BCUT2D eigenvalue weighted by Gasteiger charge is -2.70. The van der Waals surface area contributed by atoms with E-state index in [0.29, 0.717) is 24.4 Å². The number of ketones is 1. The Balaban J connectivity index is 1.50. The average Bonchev–Trinajstić information content (AvgIpc) is 2.59. The van der Waals surface area contributed by atoms with Crippen molar-refractivity contribution in [1.82, 2.24) is 4.90 Å². The quantitative estimate of drug-likeness (QED) is 0.745. The van der Waals surface area contributed by atoms with Crippen LogP contribution in [-0.2, 0) is 16.4 Å². The van der Waals surface area contributed by atoms with Gasteiger partial charge in [0.15, 0.2) is 11.4 Å². The Hall–Kier alpha value is -2.45. The SMILES string of the molecule is C[C@](O)(COc1ccc(F)cc1)C(=O)C1N2CC1(c1cccc(C(F)(F)F)c1)C2. The summed E-state index contributed by atoms with van der Waals surface area (Å²) in [6.45, 7) is 1.91. The molecule has 8 heteroatoms. The number of carbonyl (C=O) groups is 1. The largest absolute Gasteiger partial charge is 0.490 e. The number of Topliss-reactive ketones (excluding diaryl/α,β-unsaturated/α-hetero) is 1. The molecular weight excluding hydrogens is 390 g/mol. The van der Waals surface area contributed by atoms with Crippen molar-refractivity contribution in [3.05, 3.63) is 65.5 Å². The molecule has 2 bridgehead atoms. The summed E-state index contributed by atoms with van der Waals surface area (Å²) in [5.74, 6) is -0.647. The molecule has 0 spiro atoms. The number of aliphatic hydroxyl groups is 1. The summed E-state index contributed by atoms with van der Waals surface area (Å²) in [7, 11) is 0. The summed E-state index contributed by atoms with van der Waals surface area (Å²) in [4.78, 5) is 14.8. The van der Waals surface area contributed by atoms with E-state index in [0.717, 1.165) is 12.1 Å². The number of halogens is 4. The highest BCUT2D eigenvalue weighted by atomic mass is 19.4. The van der Waals surface area contributed by atoms with Crippen LogP contribution >= 0.6 is 0 Å². The van der Waals surface area contributed by atoms with Gasteiger partial charge in [0.05, 0.1) is 11.6 Å². The van der Waals surface area contributed by atoms with Crippen molar-refractivity contribution >= 4 is 5.78 Å². The zero-order valence-electron chi connectivity index (χ0n) is 15.5. The number of hydrogen-bond acceptors (Lipinski definition) is 4. The standard InChI is InChI=1S/C21H19F4NO3/c1-19(28,12-29-16-7-5-15(22)6-8-16)18(27)17-20(10-26(17)11-20)13-3-2-4-14(9-13)21(23,24)25/h2-9,17,28H,10-12H2,1H3/t17?,19-/m0/s1. The molecule has 3 heterocycles. The summed E-state index contributed by atoms with van der Waals surface area (Å²) in [5, 5.41) is 10.7. The van der Waals surface area contributed by atoms with Crippen LogP contribution in [0.2, 0.25) is 0 Å². The third-order valence-corrected chi connectivity index (χ3v) is 5.74. The van der Waals surface area contributed by atoms with Crippen LogP contribution in [0.25, 0.3) is 0 Å². The van der Waals surface area contributed by atoms with Crippen LogP contribution in [0.5, 0.6) is 5.75 Å². The summed E-state index contributed by atoms with van der Waals surface area (Å²) in [6.07, 6.45) is -4.46. The fraction of sp³-hybridized carbons (Fsp3) is 0.381. The van der Waals surface area contributed by atoms with Gasteiger partial charge in [0.2, 0.25) is 0 Å². The molecule has 1 N–H and O–H groups in total. The van der Waals surface area contributed by atoms with Crippen LogP contribution < -0.4 is 4.74 Å². The molecule has 29 heavy (non-hydrogen) atoms. The van der Waals surface area contributed by atoms with Gasteiger partial charge in [-0.05, 0) is 42.8 Å². The third-order valence-electron chi connectivity index (χ3n) is 5.74. The first-order valence-corrected chi connectivity index (χ1v) is 9.10. The molecule has 0 radical (unpaired) electrons. The maximum atomic E-state index is 13.1. The molecule has 0 saturated carbocycles. The molecule has 3 aliphatic heterocycles. The lowest BCUT2D eigenvalue weighted by molar-refractivity contribution is -0.189. The Morgan fingerprint density at radius 2 is 1.86 bits per heavy atom. The summed E-state index contributed by atoms with van der Waals surface area (Å²) in [6, 6.07) is 9.47. The smallest absolute Gasteiger partial charge is 0.416 e. The van der Waals surface area contributed by atoms with E-state index in [-0.39, 0.29) is 6.61 Å². The highest BCUT2D eigenvalue weighted by Crippen LogP contribution is 2.54. The monoisotopic (exact) mass is 409 g/mol. The number of benzene rings is 2. The first-order chi connectivity index (χ1) is 13.5. The van der Waals surface area contributed by atoms with Gasteiger partial charge in [0.25, 0.3) is 0 Å². The zero-order chi connectivity index (χ0) is 21.0. The van der Waals surface area contributed by atoms with Crippen LogP contribution in [0, 0.1) is 5.82 Å². The third kappa shape index (κ3) is 3.30. The van der Waals surface area contributed by atoms with Crippen LogP contribution in [0.15, 0.2) is 48.5 Å². The fourth-order valence-electron chi connectivity index (χ4n) is 4.04. The second kappa shape index (κ2) is 6.53. The number of carbonyl (C=O) groups excluding carboxylic acids is 1. The molecule has 2 aromatic carbocycles. The molecule has 2 aromatic rings. The van der Waals surface area contributed by atoms with Crippen LogP contribution in [0.4, 0.5) is 17.6 Å². The lowest BCUT2D eigenvalue weighted by Crippen LogP contribution is -2.87. The van der Waals surface area contributed by atoms with Crippen molar-refractivity contribution in [2.75, 3.05) is 19.7 Å². The molecule has 3 saturated heterocycles. The molecule has 154 valence electrons. The van der Waals surface area contributed by atoms with Gasteiger partial charge in [-0.2, -0.15) is 13.2 Å². The molecule has 0 aliphatic carbocycles. The predicted octanol–water partition coefficient (Wildman–Crippen LogP) is 3.18. The van der Waals surface area contributed by atoms with E-state index < -0.39 is 40.4 Å². The van der Waals surface area contributed by atoms with Gasteiger partial charge >= 0.3 is 6.18 Å². The lowest BCUT2D eigenvalue weighted by atomic mass is 9.55. The number of hydrogen-bond donors (Lipinski definition) is 1. The Bertz CT molecular complexity index is 934. The Morgan fingerprint density at radius 1 is 1.21 bits per heavy atom. The number of rotatable bonds is 6. The van der Waals surface area contributed by atoms with Crippen LogP contribution in [0.3, 0.4) is 0 Å². The van der Waals surface area contributed by atoms with E-state index in [9.17, 15) is 27.5 Å². The minimum absolute atomic E-state index is 0.297. The number of nitrogens with zero attached hydrogens (tertiary/aromatic N) is 1. The van der Waals surface area contributed by atoms with E-state index in [1.54, 1.807) is 6.07 Å². The molecule has 0 amide bonds. The van der Waals surface area contributed by atoms with Gasteiger partial charge in [-0.25, -0.2) is 4.39 Å². The summed E-state index contributed by atoms with van der Waals surface area (Å²) >= 11 is 0. The van der Waals surface area contributed by atoms with Crippen molar-refractivity contribution in [2.24, 2.45) is 0 Å². The Labute approximate surface area is 164 Å². The zero-order valence-corrected chi connectivity index (χ0v) is 15.5. The van der Waals surface area contributed by atoms with Crippen molar-refractivity contribution in [1.29, 1.82) is 0 Å². The van der Waals surface area contributed by atoms with Gasteiger partial charge in [0.1, 0.15) is 18.2 Å². The molecule has 1 unspecified atom stereocenters. The predicted molar refractivity (Wildman–Crippen MR) is 96.0 cm³/mol. The minimum atomic E-state index is -4.46. The molecule has 4 nitrogen and oxygen atoms in total. The van der Waals surface area contributed by atoms with Gasteiger partial charge in [-0.15, -0.1) is 0 Å². The molecule has 3 fully saturated rings. The maximum Gasteiger partial charge on any atom is 0.416 e. The van der Waals surface area contributed by atoms with E-state index in [1.165, 1.54) is 37.3 Å². The van der Waals surface area contributed by atoms with E-state index in [2.05, 4.69) is 0 Å². The van der Waals surface area contributed by atoms with Gasteiger partial charge < -0.3 is 9.84 Å². The molecule has 5 rings (SSSR count). The molecule has 3 aliphatic rings. The van der Waals surface area contributed by atoms with Crippen molar-refractivity contribution in [3.8, 4) is 5.75 Å². The van der Waals surface area contributed by atoms with Crippen molar-refractivity contribution in [2.45, 2.75) is 30.2 Å². The highest BCUT2D eigenvalue weighted by molar-refractivity contribution is 5.95. The first kappa shape index (κ1) is 19.8. The minimum Gasteiger partial charge on any atom is -0.490 e. The van der Waals surface area contributed by atoms with Gasteiger partial charge in [-0.1, -0.05) is 18.2 Å². The Kier molecular flexibility index (Phi) is 4.47. The van der Waals surface area contributed by atoms with E-state index in [4.69, 9.17) is 4.74 Å². The van der Waals surface area contributed by atoms with Crippen molar-refractivity contribution in [3.63, 3.8) is 0 Å². The Morgan fingerprint density at radius 3 is 2.41 bits per heavy atom. The summed E-state index contributed by atoms with van der Waals surface area (Å²) in [5.41, 5.74) is -2.88. The van der Waals surface area contributed by atoms with Gasteiger partial charge in [-0.3, -0.25) is 9.69 Å². The van der Waals surface area contributed by atoms with E-state index in [1.807, 2.05) is 4.90 Å². The molecule has 0 aromatic heterocycles. The van der Waals surface area contributed by atoms with Gasteiger partial charge in [0, 0.05) is 18.5 Å². The highest BCUT2D eigenvalue weighted by Gasteiger charge is 2.69. The number of alkyl halides is 3. The number of ether oxygens (including phenoxy) is 1. The second-order valence-electron chi connectivity index (χ2n) is 7.92. The fourth-order valence-corrected chi connectivity index (χ4v) is 4.04. The van der Waals surface area contributed by atoms with Crippen LogP contribution in [0.1, 0.15) is 18.1 Å². The average molecular weight is 409 g/mol. The summed E-state index contributed by atoms with van der Waals surface area (Å²) < 4.78 is 57.6. The normalized spacial score (nSPS) is 27.4.